The van der Waals surface area contributed by atoms with Gasteiger partial charge in [-0.15, -0.1) is 0 Å². The number of rotatable bonds is 10. The highest BCUT2D eigenvalue weighted by Gasteiger charge is 2.02. The van der Waals surface area contributed by atoms with Crippen LogP contribution in [0.15, 0.2) is 36.4 Å². The first-order chi connectivity index (χ1) is 14.9. The van der Waals surface area contributed by atoms with Crippen LogP contribution in [0.2, 0.25) is 0 Å². The van der Waals surface area contributed by atoms with E-state index < -0.39 is 0 Å². The van der Waals surface area contributed by atoms with Gasteiger partial charge in [-0.25, -0.2) is 0 Å². The van der Waals surface area contributed by atoms with Gasteiger partial charge in [0.25, 0.3) is 0 Å². The second-order valence-electron chi connectivity index (χ2n) is 8.12. The molecule has 0 fully saturated rings. The summed E-state index contributed by atoms with van der Waals surface area (Å²) in [5.74, 6) is 1.49. The van der Waals surface area contributed by atoms with Crippen molar-refractivity contribution in [2.24, 2.45) is 0 Å². The molecule has 2 aromatic rings. The molecule has 0 unspecified atom stereocenters. The Bertz CT molecular complexity index is 653. The molecule has 0 aromatic heterocycles. The summed E-state index contributed by atoms with van der Waals surface area (Å²) in [4.78, 5) is 0. The highest BCUT2D eigenvalue weighted by atomic mass is 127. The third kappa shape index (κ3) is 14.5. The highest BCUT2D eigenvalue weighted by molar-refractivity contribution is 14.1. The Balaban J connectivity index is 0.000000479. The molecule has 0 saturated carbocycles. The average Bonchev–Trinajstić information content (AvgIpc) is 2.75. The SMILES string of the molecule is CCCCCCI.CCCCCCOc1c(C)cccc1C.Cc1cccc(C)c1O. The predicted molar refractivity (Wildman–Crippen MR) is 146 cm³/mol. The quantitative estimate of drug-likeness (QED) is 0.185. The van der Waals surface area contributed by atoms with E-state index in [2.05, 4.69) is 68.5 Å². The number of para-hydroxylation sites is 2. The van der Waals surface area contributed by atoms with Crippen LogP contribution in [0.1, 0.15) is 87.5 Å². The van der Waals surface area contributed by atoms with Crippen LogP contribution in [0.5, 0.6) is 11.5 Å². The van der Waals surface area contributed by atoms with E-state index in [4.69, 9.17) is 4.74 Å². The lowest BCUT2D eigenvalue weighted by Gasteiger charge is -2.11. The van der Waals surface area contributed by atoms with Crippen LogP contribution in [0, 0.1) is 27.7 Å². The zero-order valence-corrected chi connectivity index (χ0v) is 22.9. The Morgan fingerprint density at radius 1 is 0.677 bits per heavy atom. The standard InChI is InChI=1S/C14H22O.C8H10O.C6H13I/c1-4-5-6-7-11-15-14-12(2)9-8-10-13(14)3;1-6-4-3-5-7(2)8(6)9;1-2-3-4-5-6-7/h8-10H,4-7,11H2,1-3H3;3-5,9H,1-2H3;2-6H2,1H3. The van der Waals surface area contributed by atoms with Crippen LogP contribution >= 0.6 is 22.6 Å². The van der Waals surface area contributed by atoms with Crippen LogP contribution in [0.25, 0.3) is 0 Å². The van der Waals surface area contributed by atoms with Gasteiger partial charge in [0.05, 0.1) is 6.61 Å². The molecule has 2 nitrogen and oxygen atoms in total. The molecule has 2 rings (SSSR count). The van der Waals surface area contributed by atoms with Gasteiger partial charge in [-0.1, -0.05) is 111 Å². The van der Waals surface area contributed by atoms with Gasteiger partial charge in [0.2, 0.25) is 0 Å². The molecule has 1 N–H and O–H groups in total. The second-order valence-corrected chi connectivity index (χ2v) is 9.20. The summed E-state index contributed by atoms with van der Waals surface area (Å²) >= 11 is 2.43. The van der Waals surface area contributed by atoms with Gasteiger partial charge >= 0.3 is 0 Å². The van der Waals surface area contributed by atoms with Crippen LogP contribution in [0.3, 0.4) is 0 Å². The number of aromatic hydroxyl groups is 1. The van der Waals surface area contributed by atoms with E-state index in [1.54, 1.807) is 0 Å². The van der Waals surface area contributed by atoms with Gasteiger partial charge < -0.3 is 9.84 Å². The fourth-order valence-corrected chi connectivity index (χ4v) is 3.60. The molecular formula is C28H45IO2. The van der Waals surface area contributed by atoms with Crippen molar-refractivity contribution in [1.82, 2.24) is 0 Å². The van der Waals surface area contributed by atoms with Crippen LogP contribution in [0.4, 0.5) is 0 Å². The Hall–Kier alpha value is -1.23. The molecule has 3 heteroatoms. The normalized spacial score (nSPS) is 9.90. The molecule has 0 spiro atoms. The van der Waals surface area contributed by atoms with Crippen LogP contribution < -0.4 is 4.74 Å². The maximum absolute atomic E-state index is 9.21. The lowest BCUT2D eigenvalue weighted by atomic mass is 10.1. The average molecular weight is 541 g/mol. The number of hydrogen-bond acceptors (Lipinski definition) is 2. The Kier molecular flexibility index (Phi) is 18.7. The van der Waals surface area contributed by atoms with E-state index in [1.165, 1.54) is 66.9 Å². The molecular weight excluding hydrogens is 495 g/mol. The van der Waals surface area contributed by atoms with E-state index in [-0.39, 0.29) is 0 Å². The third-order valence-corrected chi connectivity index (χ3v) is 5.84. The lowest BCUT2D eigenvalue weighted by Crippen LogP contribution is -2.00. The number of halogens is 1. The van der Waals surface area contributed by atoms with Crippen molar-refractivity contribution in [2.45, 2.75) is 92.9 Å². The summed E-state index contributed by atoms with van der Waals surface area (Å²) in [5.41, 5.74) is 4.36. The van der Waals surface area contributed by atoms with Crippen LogP contribution in [-0.4, -0.2) is 16.1 Å². The number of ether oxygens (including phenoxy) is 1. The summed E-state index contributed by atoms with van der Waals surface area (Å²) in [7, 11) is 0. The fourth-order valence-electron chi connectivity index (χ4n) is 3.06. The first kappa shape index (κ1) is 29.8. The number of phenols is 1. The topological polar surface area (TPSA) is 29.5 Å². The van der Waals surface area contributed by atoms with E-state index in [0.717, 1.165) is 23.5 Å². The van der Waals surface area contributed by atoms with Gasteiger partial charge in [0.1, 0.15) is 11.5 Å². The summed E-state index contributed by atoms with van der Waals surface area (Å²) < 4.78 is 7.15. The van der Waals surface area contributed by atoms with Gasteiger partial charge in [-0.05, 0) is 67.2 Å². The minimum atomic E-state index is 0.414. The van der Waals surface area contributed by atoms with E-state index >= 15 is 0 Å². The monoisotopic (exact) mass is 540 g/mol. The van der Waals surface area contributed by atoms with E-state index in [9.17, 15) is 5.11 Å². The molecule has 31 heavy (non-hydrogen) atoms. The summed E-state index contributed by atoms with van der Waals surface area (Å²) in [6.07, 6.45) is 10.7. The first-order valence-corrected chi connectivity index (χ1v) is 13.4. The maximum atomic E-state index is 9.21. The molecule has 2 aromatic carbocycles. The molecule has 0 amide bonds. The van der Waals surface area contributed by atoms with Crippen molar-refractivity contribution in [3.8, 4) is 11.5 Å². The van der Waals surface area contributed by atoms with Crippen LogP contribution in [-0.2, 0) is 0 Å². The van der Waals surface area contributed by atoms with Crippen molar-refractivity contribution in [1.29, 1.82) is 0 Å². The van der Waals surface area contributed by atoms with Gasteiger partial charge in [0.15, 0.2) is 0 Å². The molecule has 0 aliphatic rings. The molecule has 0 heterocycles. The molecule has 176 valence electrons. The van der Waals surface area contributed by atoms with Gasteiger partial charge in [-0.2, -0.15) is 0 Å². The molecule has 0 radical (unpaired) electrons. The molecule has 0 saturated heterocycles. The smallest absolute Gasteiger partial charge is 0.125 e. The van der Waals surface area contributed by atoms with Crippen molar-refractivity contribution in [2.75, 3.05) is 11.0 Å². The van der Waals surface area contributed by atoms with E-state index in [0.29, 0.717) is 5.75 Å². The largest absolute Gasteiger partial charge is 0.507 e. The predicted octanol–water partition coefficient (Wildman–Crippen LogP) is 9.27. The van der Waals surface area contributed by atoms with Crippen molar-refractivity contribution in [3.05, 3.63) is 58.7 Å². The minimum absolute atomic E-state index is 0.414. The zero-order chi connectivity index (χ0) is 23.5. The Morgan fingerprint density at radius 3 is 1.55 bits per heavy atom. The number of hydrogen-bond donors (Lipinski definition) is 1. The second kappa shape index (κ2) is 19.5. The number of benzene rings is 2. The third-order valence-electron chi connectivity index (χ3n) is 5.08. The summed E-state index contributed by atoms with van der Waals surface area (Å²) in [5, 5.41) is 9.21. The number of aryl methyl sites for hydroxylation is 4. The first-order valence-electron chi connectivity index (χ1n) is 11.9. The number of unbranched alkanes of at least 4 members (excludes halogenated alkanes) is 6. The lowest BCUT2D eigenvalue weighted by molar-refractivity contribution is 0.301. The molecule has 0 atom stereocenters. The fraction of sp³-hybridized carbons (Fsp3) is 0.571. The number of phenolic OH excluding ortho intramolecular Hbond substituents is 1. The molecule has 0 aliphatic carbocycles. The summed E-state index contributed by atoms with van der Waals surface area (Å²) in [6.45, 7) is 13.3. The van der Waals surface area contributed by atoms with Crippen molar-refractivity contribution >= 4 is 22.6 Å². The van der Waals surface area contributed by atoms with Crippen molar-refractivity contribution < 1.29 is 9.84 Å². The Labute approximate surface area is 206 Å². The highest BCUT2D eigenvalue weighted by Crippen LogP contribution is 2.22. The van der Waals surface area contributed by atoms with Crippen molar-refractivity contribution in [3.63, 3.8) is 0 Å². The zero-order valence-electron chi connectivity index (χ0n) is 20.8. The van der Waals surface area contributed by atoms with Gasteiger partial charge in [-0.3, -0.25) is 0 Å². The van der Waals surface area contributed by atoms with Gasteiger partial charge in [0, 0.05) is 0 Å². The number of alkyl halides is 1. The Morgan fingerprint density at radius 2 is 1.13 bits per heavy atom. The minimum Gasteiger partial charge on any atom is -0.507 e. The summed E-state index contributed by atoms with van der Waals surface area (Å²) in [6, 6.07) is 12.0. The van der Waals surface area contributed by atoms with E-state index in [1.807, 2.05) is 32.0 Å². The molecule has 0 bridgehead atoms. The maximum Gasteiger partial charge on any atom is 0.125 e. The molecule has 0 aliphatic heterocycles.